The van der Waals surface area contributed by atoms with Gasteiger partial charge in [-0.1, -0.05) is 0 Å². The summed E-state index contributed by atoms with van der Waals surface area (Å²) in [5, 5.41) is 9.62. The van der Waals surface area contributed by atoms with Crippen LogP contribution in [-0.2, 0) is 11.2 Å². The highest BCUT2D eigenvalue weighted by molar-refractivity contribution is 6.09. The van der Waals surface area contributed by atoms with E-state index in [4.69, 9.17) is 0 Å². The van der Waals surface area contributed by atoms with E-state index in [2.05, 4.69) is 22.0 Å². The summed E-state index contributed by atoms with van der Waals surface area (Å²) in [4.78, 5) is 19.4. The van der Waals surface area contributed by atoms with E-state index in [1.165, 1.54) is 38.5 Å². The molecule has 0 radical (unpaired) electrons. The number of ketones is 1. The van der Waals surface area contributed by atoms with Gasteiger partial charge in [0.15, 0.2) is 5.78 Å². The molecule has 2 heterocycles. The molecule has 1 saturated heterocycles. The van der Waals surface area contributed by atoms with Crippen LogP contribution in [-0.4, -0.2) is 28.8 Å². The molecule has 0 unspecified atom stereocenters. The Hall–Kier alpha value is -2.15. The Labute approximate surface area is 142 Å². The number of carbonyl (C=O) groups is 1. The lowest BCUT2D eigenvalue weighted by Gasteiger charge is -2.37. The van der Waals surface area contributed by atoms with Crippen molar-refractivity contribution in [2.24, 2.45) is 5.41 Å². The second kappa shape index (κ2) is 4.92. The number of hydrogen-bond donors (Lipinski definition) is 0. The van der Waals surface area contributed by atoms with Crippen molar-refractivity contribution in [1.82, 2.24) is 9.88 Å². The van der Waals surface area contributed by atoms with E-state index in [9.17, 15) is 10.1 Å². The van der Waals surface area contributed by atoms with E-state index in [1.807, 2.05) is 6.20 Å². The lowest BCUT2D eigenvalue weighted by molar-refractivity contribution is -0.114. The predicted molar refractivity (Wildman–Crippen MR) is 89.9 cm³/mol. The maximum absolute atomic E-state index is 12.5. The van der Waals surface area contributed by atoms with E-state index < -0.39 is 0 Å². The van der Waals surface area contributed by atoms with Crippen LogP contribution in [0.2, 0.25) is 0 Å². The third kappa shape index (κ3) is 2.18. The molecule has 0 N–H and O–H groups in total. The van der Waals surface area contributed by atoms with E-state index in [0.29, 0.717) is 23.3 Å². The summed E-state index contributed by atoms with van der Waals surface area (Å²) >= 11 is 0. The number of likely N-dealkylation sites (tertiary alicyclic amines) is 1. The van der Waals surface area contributed by atoms with Crippen LogP contribution in [0.3, 0.4) is 0 Å². The summed E-state index contributed by atoms with van der Waals surface area (Å²) in [7, 11) is 0. The Bertz CT molecular complexity index is 799. The molecule has 3 fully saturated rings. The van der Waals surface area contributed by atoms with Crippen LogP contribution in [0, 0.1) is 16.7 Å². The molecular weight excluding hydrogens is 298 g/mol. The first kappa shape index (κ1) is 14.2. The fourth-order valence-corrected chi connectivity index (χ4v) is 4.32. The van der Waals surface area contributed by atoms with Crippen LogP contribution in [0.15, 0.2) is 17.8 Å². The first-order valence-corrected chi connectivity index (χ1v) is 9.11. The molecule has 0 atom stereocenters. The lowest BCUT2D eigenvalue weighted by Crippen LogP contribution is -2.36. The maximum atomic E-state index is 12.5. The summed E-state index contributed by atoms with van der Waals surface area (Å²) < 4.78 is 0. The smallest absolute Gasteiger partial charge is 0.179 e. The molecule has 122 valence electrons. The van der Waals surface area contributed by atoms with Gasteiger partial charge in [0.2, 0.25) is 0 Å². The van der Waals surface area contributed by atoms with Gasteiger partial charge in [-0.05, 0) is 55.6 Å². The maximum Gasteiger partial charge on any atom is 0.179 e. The van der Waals surface area contributed by atoms with Crippen molar-refractivity contribution in [2.45, 2.75) is 50.9 Å². The normalized spacial score (nSPS) is 24.8. The number of nitrogens with zero attached hydrogens (tertiary/aromatic N) is 3. The number of carbonyl (C=O) groups excluding carboxylic acids is 1. The van der Waals surface area contributed by atoms with Gasteiger partial charge >= 0.3 is 0 Å². The Morgan fingerprint density at radius 3 is 2.58 bits per heavy atom. The van der Waals surface area contributed by atoms with Crippen molar-refractivity contribution < 1.29 is 4.79 Å². The number of aromatic nitrogens is 1. The first-order valence-electron chi connectivity index (χ1n) is 9.11. The molecule has 0 amide bonds. The molecule has 1 aromatic rings. The van der Waals surface area contributed by atoms with Crippen molar-refractivity contribution in [1.29, 1.82) is 5.26 Å². The minimum Gasteiger partial charge on any atom is -0.370 e. The van der Waals surface area contributed by atoms with Gasteiger partial charge < -0.3 is 4.90 Å². The predicted octanol–water partition coefficient (Wildman–Crippen LogP) is 3.19. The summed E-state index contributed by atoms with van der Waals surface area (Å²) in [6.07, 6.45) is 9.71. The fourth-order valence-electron chi connectivity index (χ4n) is 4.32. The van der Waals surface area contributed by atoms with Crippen molar-refractivity contribution in [3.05, 3.63) is 34.7 Å². The number of pyridine rings is 1. The van der Waals surface area contributed by atoms with Crippen molar-refractivity contribution in [3.8, 4) is 6.07 Å². The Morgan fingerprint density at radius 2 is 1.96 bits per heavy atom. The standard InChI is InChI=1S/C20H21N3O/c21-11-16-18(24)9-14-12-22-17(13-1-2-13)10-15(14)19(16)23-7-5-20(3-4-20)6-8-23/h10,12-13H,1-9H2. The Balaban J connectivity index is 1.58. The Kier molecular flexibility index (Phi) is 2.92. The minimum atomic E-state index is -0.0484. The highest BCUT2D eigenvalue weighted by atomic mass is 16.1. The molecule has 4 heteroatoms. The number of allylic oxidation sites excluding steroid dienone is 1. The van der Waals surface area contributed by atoms with Gasteiger partial charge in [-0.25, -0.2) is 0 Å². The van der Waals surface area contributed by atoms with Crippen LogP contribution in [0.4, 0.5) is 0 Å². The molecule has 1 aliphatic heterocycles. The molecule has 0 bridgehead atoms. The fraction of sp³-hybridized carbons (Fsp3) is 0.550. The van der Waals surface area contributed by atoms with E-state index in [-0.39, 0.29) is 5.78 Å². The van der Waals surface area contributed by atoms with Gasteiger partial charge in [-0.3, -0.25) is 9.78 Å². The van der Waals surface area contributed by atoms with E-state index in [0.717, 1.165) is 35.6 Å². The van der Waals surface area contributed by atoms with Gasteiger partial charge in [-0.15, -0.1) is 0 Å². The summed E-state index contributed by atoms with van der Waals surface area (Å²) in [5.41, 5.74) is 5.06. The quantitative estimate of drug-likeness (QED) is 0.840. The van der Waals surface area contributed by atoms with E-state index in [1.54, 1.807) is 0 Å². The topological polar surface area (TPSA) is 57.0 Å². The molecular formula is C20H21N3O. The lowest BCUT2D eigenvalue weighted by atomic mass is 9.86. The molecule has 1 spiro atoms. The van der Waals surface area contributed by atoms with Crippen LogP contribution in [0.1, 0.15) is 61.3 Å². The van der Waals surface area contributed by atoms with Crippen LogP contribution >= 0.6 is 0 Å². The highest BCUT2D eigenvalue weighted by Crippen LogP contribution is 2.54. The molecule has 1 aromatic heterocycles. The zero-order valence-corrected chi connectivity index (χ0v) is 13.8. The third-order valence-electron chi connectivity index (χ3n) is 6.33. The molecule has 5 rings (SSSR count). The number of Topliss-reactive ketones (excluding diaryl/α,β-unsaturated/α-hetero) is 1. The number of nitriles is 1. The molecule has 3 aliphatic carbocycles. The summed E-state index contributed by atoms with van der Waals surface area (Å²) in [6.45, 7) is 1.93. The number of rotatable bonds is 2. The average Bonchev–Trinajstić information content (AvgIpc) is 3.50. The number of fused-ring (bicyclic) bond motifs is 1. The third-order valence-corrected chi connectivity index (χ3v) is 6.33. The average molecular weight is 319 g/mol. The monoisotopic (exact) mass is 319 g/mol. The number of piperidine rings is 1. The van der Waals surface area contributed by atoms with E-state index >= 15 is 0 Å². The second-order valence-electron chi connectivity index (χ2n) is 7.96. The summed E-state index contributed by atoms with van der Waals surface area (Å²) in [5.74, 6) is 0.531. The molecule has 4 nitrogen and oxygen atoms in total. The van der Waals surface area contributed by atoms with Gasteiger partial charge in [0.05, 0.1) is 5.70 Å². The van der Waals surface area contributed by atoms with Gasteiger partial charge in [0, 0.05) is 42.9 Å². The zero-order valence-electron chi connectivity index (χ0n) is 13.8. The molecule has 2 saturated carbocycles. The highest BCUT2D eigenvalue weighted by Gasteiger charge is 2.45. The zero-order chi connectivity index (χ0) is 16.3. The van der Waals surface area contributed by atoms with Gasteiger partial charge in [-0.2, -0.15) is 5.26 Å². The second-order valence-corrected chi connectivity index (χ2v) is 7.96. The Morgan fingerprint density at radius 1 is 1.21 bits per heavy atom. The van der Waals surface area contributed by atoms with Crippen molar-refractivity contribution in [3.63, 3.8) is 0 Å². The van der Waals surface area contributed by atoms with Crippen molar-refractivity contribution in [2.75, 3.05) is 13.1 Å². The minimum absolute atomic E-state index is 0.0484. The van der Waals surface area contributed by atoms with Crippen LogP contribution < -0.4 is 0 Å². The largest absolute Gasteiger partial charge is 0.370 e. The molecule has 24 heavy (non-hydrogen) atoms. The van der Waals surface area contributed by atoms with Crippen LogP contribution in [0.25, 0.3) is 5.70 Å². The molecule has 0 aromatic carbocycles. The van der Waals surface area contributed by atoms with Gasteiger partial charge in [0.25, 0.3) is 0 Å². The number of hydrogen-bond acceptors (Lipinski definition) is 4. The molecule has 4 aliphatic rings. The summed E-state index contributed by atoms with van der Waals surface area (Å²) in [6, 6.07) is 4.37. The van der Waals surface area contributed by atoms with Crippen molar-refractivity contribution >= 4 is 11.5 Å². The van der Waals surface area contributed by atoms with Crippen LogP contribution in [0.5, 0.6) is 0 Å². The SMILES string of the molecule is N#CC1=C(N2CCC3(CC2)CC3)c2cc(C3CC3)ncc2CC1=O. The first-order chi connectivity index (χ1) is 11.7. The van der Waals surface area contributed by atoms with Gasteiger partial charge in [0.1, 0.15) is 11.6 Å².